The van der Waals surface area contributed by atoms with Crippen LogP contribution >= 0.6 is 23.4 Å². The molecule has 0 aliphatic rings. The van der Waals surface area contributed by atoms with Crippen molar-refractivity contribution in [2.45, 2.75) is 11.8 Å². The van der Waals surface area contributed by atoms with Crippen molar-refractivity contribution >= 4 is 23.4 Å². The molecule has 0 fully saturated rings. The van der Waals surface area contributed by atoms with E-state index in [1.165, 1.54) is 11.1 Å². The summed E-state index contributed by atoms with van der Waals surface area (Å²) in [5, 5.41) is 4.15. The molecule has 2 aromatic carbocycles. The quantitative estimate of drug-likeness (QED) is 0.808. The minimum absolute atomic E-state index is 0.276. The predicted molar refractivity (Wildman–Crippen MR) is 92.4 cm³/mol. The number of nitrogens with one attached hydrogen (secondary N) is 1. The molecule has 0 spiro atoms. The van der Waals surface area contributed by atoms with E-state index in [4.69, 9.17) is 16.3 Å². The number of halogens is 1. The van der Waals surface area contributed by atoms with Crippen LogP contribution in [0.2, 0.25) is 5.02 Å². The number of rotatable bonds is 7. The molecule has 0 aliphatic heterocycles. The van der Waals surface area contributed by atoms with Crippen LogP contribution in [0.15, 0.2) is 48.5 Å². The molecule has 112 valence electrons. The number of para-hydroxylation sites is 1. The summed E-state index contributed by atoms with van der Waals surface area (Å²) in [6, 6.07) is 16.5. The van der Waals surface area contributed by atoms with E-state index >= 15 is 0 Å². The second-order valence-electron chi connectivity index (χ2n) is 4.72. The molecule has 0 aromatic heterocycles. The van der Waals surface area contributed by atoms with Crippen LogP contribution in [0.25, 0.3) is 0 Å². The van der Waals surface area contributed by atoms with E-state index in [0.29, 0.717) is 0 Å². The van der Waals surface area contributed by atoms with Gasteiger partial charge in [-0.25, -0.2) is 0 Å². The number of hydrogen-bond donors (Lipinski definition) is 1. The van der Waals surface area contributed by atoms with Crippen molar-refractivity contribution in [1.82, 2.24) is 5.32 Å². The highest BCUT2D eigenvalue weighted by molar-refractivity contribution is 7.98. The van der Waals surface area contributed by atoms with Gasteiger partial charge in [-0.3, -0.25) is 0 Å². The molecule has 0 aliphatic carbocycles. The van der Waals surface area contributed by atoms with Gasteiger partial charge < -0.3 is 10.1 Å². The minimum atomic E-state index is 0.276. The Balaban J connectivity index is 1.95. The number of ether oxygens (including phenoxy) is 1. The highest BCUT2D eigenvalue weighted by Crippen LogP contribution is 2.28. The third kappa shape index (κ3) is 4.67. The monoisotopic (exact) mass is 321 g/mol. The summed E-state index contributed by atoms with van der Waals surface area (Å²) in [6.45, 7) is 0. The average Bonchev–Trinajstić information content (AvgIpc) is 2.53. The Kier molecular flexibility index (Phi) is 6.43. The van der Waals surface area contributed by atoms with Crippen molar-refractivity contribution in [3.63, 3.8) is 0 Å². The van der Waals surface area contributed by atoms with E-state index in [-0.39, 0.29) is 6.04 Å². The molecule has 0 heterocycles. The molecule has 2 nitrogen and oxygen atoms in total. The van der Waals surface area contributed by atoms with Gasteiger partial charge in [0.25, 0.3) is 0 Å². The summed E-state index contributed by atoms with van der Waals surface area (Å²) in [6.07, 6.45) is 0. The van der Waals surface area contributed by atoms with Crippen molar-refractivity contribution in [3.05, 3.63) is 64.7 Å². The zero-order valence-electron chi connectivity index (χ0n) is 12.3. The fourth-order valence-electron chi connectivity index (χ4n) is 2.16. The van der Waals surface area contributed by atoms with Crippen LogP contribution in [0.4, 0.5) is 0 Å². The van der Waals surface area contributed by atoms with Crippen LogP contribution in [-0.4, -0.2) is 19.9 Å². The molecule has 0 bridgehead atoms. The molecule has 4 heteroatoms. The van der Waals surface area contributed by atoms with Crippen LogP contribution in [0.1, 0.15) is 17.2 Å². The van der Waals surface area contributed by atoms with Gasteiger partial charge in [0.05, 0.1) is 7.11 Å². The smallest absolute Gasteiger partial charge is 0.123 e. The Morgan fingerprint density at radius 3 is 2.52 bits per heavy atom. The highest BCUT2D eigenvalue weighted by Gasteiger charge is 2.13. The van der Waals surface area contributed by atoms with E-state index < -0.39 is 0 Å². The molecule has 1 unspecified atom stereocenters. The lowest BCUT2D eigenvalue weighted by Crippen LogP contribution is -2.19. The van der Waals surface area contributed by atoms with Gasteiger partial charge >= 0.3 is 0 Å². The zero-order chi connectivity index (χ0) is 15.1. The van der Waals surface area contributed by atoms with E-state index in [2.05, 4.69) is 23.5 Å². The number of hydrogen-bond acceptors (Lipinski definition) is 3. The van der Waals surface area contributed by atoms with Gasteiger partial charge in [-0.2, -0.15) is 11.8 Å². The first kappa shape index (κ1) is 16.2. The van der Waals surface area contributed by atoms with Crippen LogP contribution in [0.3, 0.4) is 0 Å². The summed E-state index contributed by atoms with van der Waals surface area (Å²) in [7, 11) is 3.70. The first-order valence-corrected chi connectivity index (χ1v) is 8.40. The predicted octanol–water partition coefficient (Wildman–Crippen LogP) is 4.54. The number of thioether (sulfide) groups is 1. The average molecular weight is 322 g/mol. The third-order valence-electron chi connectivity index (χ3n) is 3.33. The van der Waals surface area contributed by atoms with E-state index in [0.717, 1.165) is 22.3 Å². The summed E-state index contributed by atoms with van der Waals surface area (Å²) in [5.74, 6) is 2.90. The molecule has 0 radical (unpaired) electrons. The number of methoxy groups -OCH3 is 1. The van der Waals surface area contributed by atoms with Crippen LogP contribution in [0.5, 0.6) is 5.75 Å². The summed E-state index contributed by atoms with van der Waals surface area (Å²) in [5.41, 5.74) is 2.49. The lowest BCUT2D eigenvalue weighted by molar-refractivity contribution is 0.404. The molecular weight excluding hydrogens is 302 g/mol. The summed E-state index contributed by atoms with van der Waals surface area (Å²) < 4.78 is 5.44. The largest absolute Gasteiger partial charge is 0.496 e. The Morgan fingerprint density at radius 1 is 1.14 bits per heavy atom. The lowest BCUT2D eigenvalue weighted by Gasteiger charge is -2.19. The topological polar surface area (TPSA) is 21.3 Å². The van der Waals surface area contributed by atoms with Gasteiger partial charge in [-0.1, -0.05) is 41.9 Å². The standard InChI is InChI=1S/C17H20ClNOS/c1-19-16(15-5-3-4-6-17(15)20-2)12-21-11-13-7-9-14(18)10-8-13/h3-10,16,19H,11-12H2,1-2H3. The van der Waals surface area contributed by atoms with Crippen LogP contribution in [-0.2, 0) is 5.75 Å². The highest BCUT2D eigenvalue weighted by atomic mass is 35.5. The Labute approximate surface area is 135 Å². The third-order valence-corrected chi connectivity index (χ3v) is 4.69. The molecular formula is C17H20ClNOS. The Hall–Kier alpha value is -1.16. The summed E-state index contributed by atoms with van der Waals surface area (Å²) in [4.78, 5) is 0. The maximum Gasteiger partial charge on any atom is 0.123 e. The van der Waals surface area contributed by atoms with E-state index in [1.54, 1.807) is 7.11 Å². The van der Waals surface area contributed by atoms with Gasteiger partial charge in [0, 0.05) is 28.1 Å². The molecule has 2 rings (SSSR count). The maximum absolute atomic E-state index is 5.90. The fraction of sp³-hybridized carbons (Fsp3) is 0.294. The first-order chi connectivity index (χ1) is 10.2. The van der Waals surface area contributed by atoms with Gasteiger partial charge in [0.15, 0.2) is 0 Å². The Morgan fingerprint density at radius 2 is 1.86 bits per heavy atom. The van der Waals surface area contributed by atoms with Crippen molar-refractivity contribution in [2.75, 3.05) is 19.9 Å². The lowest BCUT2D eigenvalue weighted by atomic mass is 10.1. The van der Waals surface area contributed by atoms with Crippen molar-refractivity contribution in [1.29, 1.82) is 0 Å². The van der Waals surface area contributed by atoms with E-state index in [9.17, 15) is 0 Å². The van der Waals surface area contributed by atoms with E-state index in [1.807, 2.05) is 49.1 Å². The van der Waals surface area contributed by atoms with Crippen LogP contribution < -0.4 is 10.1 Å². The number of benzene rings is 2. The minimum Gasteiger partial charge on any atom is -0.496 e. The van der Waals surface area contributed by atoms with Crippen molar-refractivity contribution < 1.29 is 4.74 Å². The van der Waals surface area contributed by atoms with Gasteiger partial charge in [-0.05, 0) is 30.8 Å². The zero-order valence-corrected chi connectivity index (χ0v) is 13.9. The second kappa shape index (κ2) is 8.32. The van der Waals surface area contributed by atoms with Gasteiger partial charge in [-0.15, -0.1) is 0 Å². The Bertz CT molecular complexity index is 559. The fourth-order valence-corrected chi connectivity index (χ4v) is 3.41. The molecule has 21 heavy (non-hydrogen) atoms. The molecule has 0 amide bonds. The first-order valence-electron chi connectivity index (χ1n) is 6.87. The van der Waals surface area contributed by atoms with Crippen molar-refractivity contribution in [3.8, 4) is 5.75 Å². The van der Waals surface area contributed by atoms with Gasteiger partial charge in [0.2, 0.25) is 0 Å². The molecule has 2 aromatic rings. The molecule has 0 saturated carbocycles. The van der Waals surface area contributed by atoms with Gasteiger partial charge in [0.1, 0.15) is 5.75 Å². The van der Waals surface area contributed by atoms with Crippen LogP contribution in [0, 0.1) is 0 Å². The maximum atomic E-state index is 5.90. The normalized spacial score (nSPS) is 12.1. The molecule has 0 saturated heterocycles. The summed E-state index contributed by atoms with van der Waals surface area (Å²) >= 11 is 7.80. The van der Waals surface area contributed by atoms with Crippen molar-refractivity contribution in [2.24, 2.45) is 0 Å². The molecule has 1 N–H and O–H groups in total. The second-order valence-corrected chi connectivity index (χ2v) is 6.19. The molecule has 1 atom stereocenters. The SMILES string of the molecule is CNC(CSCc1ccc(Cl)cc1)c1ccccc1OC.